The summed E-state index contributed by atoms with van der Waals surface area (Å²) in [7, 11) is -4.47. The zero-order valence-corrected chi connectivity index (χ0v) is 29.3. The summed E-state index contributed by atoms with van der Waals surface area (Å²) < 4.78 is 54.8. The smallest absolute Gasteiger partial charge is 0.264 e. The first-order chi connectivity index (χ1) is 23.5. The Hall–Kier alpha value is -4.32. The van der Waals surface area contributed by atoms with Gasteiger partial charge in [0.05, 0.1) is 10.6 Å². The molecule has 9 nitrogen and oxygen atoms in total. The number of ether oxygens (including phenoxy) is 2. The van der Waals surface area contributed by atoms with E-state index in [1.165, 1.54) is 35.2 Å². The van der Waals surface area contributed by atoms with Gasteiger partial charge in [0, 0.05) is 40.7 Å². The van der Waals surface area contributed by atoms with Crippen molar-refractivity contribution in [3.05, 3.63) is 118 Å². The summed E-state index contributed by atoms with van der Waals surface area (Å²) in [6.07, 6.45) is 0.753. The van der Waals surface area contributed by atoms with E-state index in [0.717, 1.165) is 22.0 Å². The van der Waals surface area contributed by atoms with E-state index in [4.69, 9.17) is 32.7 Å². The molecule has 258 valence electrons. The molecule has 0 fully saturated rings. The van der Waals surface area contributed by atoms with Gasteiger partial charge in [-0.05, 0) is 67.4 Å². The summed E-state index contributed by atoms with van der Waals surface area (Å²) in [4.78, 5) is 29.8. The van der Waals surface area contributed by atoms with Crippen molar-refractivity contribution in [3.8, 4) is 11.5 Å². The maximum atomic E-state index is 14.7. The third kappa shape index (κ3) is 8.65. The van der Waals surface area contributed by atoms with E-state index in [0.29, 0.717) is 24.3 Å². The molecule has 0 saturated carbocycles. The number of nitrogens with zero attached hydrogens (tertiary/aromatic N) is 2. The summed E-state index contributed by atoms with van der Waals surface area (Å²) >= 11 is 13.1. The molecule has 4 aromatic rings. The second kappa shape index (κ2) is 15.9. The fourth-order valence-electron chi connectivity index (χ4n) is 5.30. The molecule has 0 spiro atoms. The standard InChI is InChI=1S/C36H36Cl2FN3O6S/c1-3-24(2)40-36(44)32(20-25-8-5-4-6-9-25)41(22-29-30(37)10-7-11-31(29)38)35(43)23-42(27-14-12-26(39)13-15-27)49(45,46)28-16-17-33-34(21-28)48-19-18-47-33/h4-17,21,24,32H,3,18-20,22-23H2,1-2H3,(H,40,44). The van der Waals surface area contributed by atoms with Gasteiger partial charge in [-0.3, -0.25) is 13.9 Å². The van der Waals surface area contributed by atoms with E-state index >= 15 is 0 Å². The van der Waals surface area contributed by atoms with Crippen molar-refractivity contribution >= 4 is 50.7 Å². The normalized spacial score (nSPS) is 13.7. The van der Waals surface area contributed by atoms with Gasteiger partial charge in [0.15, 0.2) is 11.5 Å². The van der Waals surface area contributed by atoms with Crippen LogP contribution in [0.1, 0.15) is 31.4 Å². The van der Waals surface area contributed by atoms with Crippen molar-refractivity contribution in [2.24, 2.45) is 0 Å². The third-order valence-electron chi connectivity index (χ3n) is 8.16. The lowest BCUT2D eigenvalue weighted by Crippen LogP contribution is -2.54. The molecule has 0 aromatic heterocycles. The molecule has 13 heteroatoms. The minimum absolute atomic E-state index is 0.0315. The van der Waals surface area contributed by atoms with E-state index < -0.39 is 40.2 Å². The Labute approximate surface area is 295 Å². The minimum atomic E-state index is -4.47. The van der Waals surface area contributed by atoms with Crippen molar-refractivity contribution in [1.82, 2.24) is 10.2 Å². The average molecular weight is 729 g/mol. The van der Waals surface area contributed by atoms with Crippen molar-refractivity contribution < 1.29 is 31.9 Å². The number of amides is 2. The Morgan fingerprint density at radius 3 is 2.20 bits per heavy atom. The highest BCUT2D eigenvalue weighted by atomic mass is 35.5. The summed E-state index contributed by atoms with van der Waals surface area (Å²) in [6.45, 7) is 3.38. The molecule has 1 aliphatic heterocycles. The van der Waals surface area contributed by atoms with E-state index in [9.17, 15) is 22.4 Å². The number of carbonyl (C=O) groups is 2. The fraction of sp³-hybridized carbons (Fsp3) is 0.278. The number of halogens is 3. The lowest BCUT2D eigenvalue weighted by molar-refractivity contribution is -0.140. The Bertz CT molecular complexity index is 1880. The van der Waals surface area contributed by atoms with Gasteiger partial charge in [0.2, 0.25) is 11.8 Å². The predicted molar refractivity (Wildman–Crippen MR) is 187 cm³/mol. The first kappa shape index (κ1) is 36.0. The zero-order valence-electron chi connectivity index (χ0n) is 26.9. The molecule has 2 amide bonds. The first-order valence-corrected chi connectivity index (χ1v) is 17.9. The Morgan fingerprint density at radius 2 is 1.55 bits per heavy atom. The zero-order chi connectivity index (χ0) is 35.1. The molecule has 4 aromatic carbocycles. The maximum absolute atomic E-state index is 14.7. The number of hydrogen-bond donors (Lipinski definition) is 1. The van der Waals surface area contributed by atoms with Crippen LogP contribution in [0.25, 0.3) is 0 Å². The molecular weight excluding hydrogens is 692 g/mol. The molecule has 1 N–H and O–H groups in total. The first-order valence-electron chi connectivity index (χ1n) is 15.7. The Balaban J connectivity index is 1.60. The van der Waals surface area contributed by atoms with Crippen LogP contribution in [0.2, 0.25) is 10.0 Å². The van der Waals surface area contributed by atoms with Gasteiger partial charge in [0.25, 0.3) is 10.0 Å². The van der Waals surface area contributed by atoms with Gasteiger partial charge in [0.1, 0.15) is 31.6 Å². The highest BCUT2D eigenvalue weighted by Gasteiger charge is 2.36. The highest BCUT2D eigenvalue weighted by molar-refractivity contribution is 7.92. The van der Waals surface area contributed by atoms with Crippen molar-refractivity contribution in [1.29, 1.82) is 0 Å². The molecule has 0 bridgehead atoms. The molecule has 2 atom stereocenters. The summed E-state index contributed by atoms with van der Waals surface area (Å²) in [5, 5.41) is 3.52. The van der Waals surface area contributed by atoms with Crippen molar-refractivity contribution in [3.63, 3.8) is 0 Å². The van der Waals surface area contributed by atoms with Gasteiger partial charge in [-0.1, -0.05) is 66.5 Å². The van der Waals surface area contributed by atoms with Gasteiger partial charge in [-0.15, -0.1) is 0 Å². The number of nitrogens with one attached hydrogen (secondary N) is 1. The SMILES string of the molecule is CCC(C)NC(=O)C(Cc1ccccc1)N(Cc1c(Cl)cccc1Cl)C(=O)CN(c1ccc(F)cc1)S(=O)(=O)c1ccc2c(c1)OCCO2. The minimum Gasteiger partial charge on any atom is -0.486 e. The number of fused-ring (bicyclic) bond motifs is 1. The monoisotopic (exact) mass is 727 g/mol. The van der Waals surface area contributed by atoms with Crippen LogP contribution in [0.4, 0.5) is 10.1 Å². The lowest BCUT2D eigenvalue weighted by Gasteiger charge is -2.34. The molecule has 0 aliphatic carbocycles. The molecule has 0 saturated heterocycles. The topological polar surface area (TPSA) is 105 Å². The molecule has 2 unspecified atom stereocenters. The predicted octanol–water partition coefficient (Wildman–Crippen LogP) is 6.65. The number of rotatable bonds is 13. The van der Waals surface area contributed by atoms with E-state index in [-0.39, 0.29) is 52.0 Å². The van der Waals surface area contributed by atoms with E-state index in [2.05, 4.69) is 5.32 Å². The summed E-state index contributed by atoms with van der Waals surface area (Å²) in [5.41, 5.74) is 1.19. The van der Waals surface area contributed by atoms with Crippen LogP contribution in [0.5, 0.6) is 11.5 Å². The maximum Gasteiger partial charge on any atom is 0.264 e. The van der Waals surface area contributed by atoms with E-state index in [1.807, 2.05) is 44.2 Å². The second-order valence-corrected chi connectivity index (χ2v) is 14.2. The number of hydrogen-bond acceptors (Lipinski definition) is 6. The largest absolute Gasteiger partial charge is 0.486 e. The number of anilines is 1. The molecule has 49 heavy (non-hydrogen) atoms. The Kier molecular flexibility index (Phi) is 11.7. The lowest BCUT2D eigenvalue weighted by atomic mass is 10.0. The molecule has 1 aliphatic rings. The Morgan fingerprint density at radius 1 is 0.898 bits per heavy atom. The molecule has 1 heterocycles. The molecular formula is C36H36Cl2FN3O6S. The van der Waals surface area contributed by atoms with Gasteiger partial charge in [-0.25, -0.2) is 12.8 Å². The third-order valence-corrected chi connectivity index (χ3v) is 10.6. The second-order valence-electron chi connectivity index (χ2n) is 11.5. The average Bonchev–Trinajstić information content (AvgIpc) is 3.10. The summed E-state index contributed by atoms with van der Waals surface area (Å²) in [5.74, 6) is -1.13. The van der Waals surface area contributed by atoms with Gasteiger partial charge >= 0.3 is 0 Å². The quantitative estimate of drug-likeness (QED) is 0.165. The van der Waals surface area contributed by atoms with Crippen LogP contribution in [0, 0.1) is 5.82 Å². The highest BCUT2D eigenvalue weighted by Crippen LogP contribution is 2.35. The van der Waals surface area contributed by atoms with Crippen LogP contribution >= 0.6 is 23.2 Å². The number of carbonyl (C=O) groups excluding carboxylic acids is 2. The number of benzene rings is 4. The van der Waals surface area contributed by atoms with Crippen LogP contribution in [0.3, 0.4) is 0 Å². The van der Waals surface area contributed by atoms with Crippen LogP contribution in [-0.4, -0.2) is 57.0 Å². The number of sulfonamides is 1. The van der Waals surface area contributed by atoms with Crippen molar-refractivity contribution in [2.75, 3.05) is 24.1 Å². The van der Waals surface area contributed by atoms with Gasteiger partial charge < -0.3 is 19.7 Å². The molecule has 5 rings (SSSR count). The molecule has 0 radical (unpaired) electrons. The van der Waals surface area contributed by atoms with Crippen LogP contribution in [0.15, 0.2) is 95.9 Å². The fourth-order valence-corrected chi connectivity index (χ4v) is 7.24. The summed E-state index contributed by atoms with van der Waals surface area (Å²) in [6, 6.07) is 21.7. The van der Waals surface area contributed by atoms with Crippen molar-refractivity contribution in [2.45, 2.75) is 50.2 Å². The van der Waals surface area contributed by atoms with Crippen LogP contribution in [-0.2, 0) is 32.6 Å². The van der Waals surface area contributed by atoms with Crippen LogP contribution < -0.4 is 19.1 Å². The van der Waals surface area contributed by atoms with E-state index in [1.54, 1.807) is 18.2 Å². The van der Waals surface area contributed by atoms with Gasteiger partial charge in [-0.2, -0.15) is 0 Å².